The van der Waals surface area contributed by atoms with E-state index in [0.717, 1.165) is 17.0 Å². The van der Waals surface area contributed by atoms with E-state index in [1.165, 1.54) is 0 Å². The number of aliphatic hydroxyl groups is 1. The first-order valence-corrected chi connectivity index (χ1v) is 10.3. The Morgan fingerprint density at radius 3 is 2.72 bits per heavy atom. The maximum absolute atomic E-state index is 12.8. The summed E-state index contributed by atoms with van der Waals surface area (Å²) in [6, 6.07) is 15.2. The Morgan fingerprint density at radius 1 is 1.25 bits per heavy atom. The summed E-state index contributed by atoms with van der Waals surface area (Å²) in [7, 11) is 1.88. The first-order valence-electron chi connectivity index (χ1n) is 10.3. The second kappa shape index (κ2) is 8.02. The zero-order chi connectivity index (χ0) is 23.0. The fourth-order valence-corrected chi connectivity index (χ4v) is 3.79. The molecule has 2 unspecified atom stereocenters. The number of aliphatic hydroxyl groups excluding tert-OH is 1. The Balaban J connectivity index is 1.57. The highest BCUT2D eigenvalue weighted by Crippen LogP contribution is 2.40. The molecule has 1 aliphatic heterocycles. The van der Waals surface area contributed by atoms with Crippen LogP contribution in [0.2, 0.25) is 0 Å². The number of benzene rings is 2. The normalized spacial score (nSPS) is 18.8. The number of aromatic nitrogens is 2. The lowest BCUT2D eigenvalue weighted by molar-refractivity contribution is -0.0618. The second-order valence-electron chi connectivity index (χ2n) is 8.47. The molecule has 0 saturated heterocycles. The average molecular weight is 431 g/mol. The number of nitrogens with zero attached hydrogens (tertiary/aromatic N) is 3. The number of fused-ring (bicyclic) bond motifs is 1. The minimum atomic E-state index is -1.02. The van der Waals surface area contributed by atoms with Crippen LogP contribution in [0.25, 0.3) is 11.3 Å². The lowest BCUT2D eigenvalue weighted by Crippen LogP contribution is -2.54. The molecule has 1 aliphatic rings. The second-order valence-corrected chi connectivity index (χ2v) is 8.47. The average Bonchev–Trinajstić information content (AvgIpc) is 3.09. The van der Waals surface area contributed by atoms with Crippen molar-refractivity contribution in [3.05, 3.63) is 65.4 Å². The lowest BCUT2D eigenvalue weighted by Gasteiger charge is -2.42. The van der Waals surface area contributed by atoms with E-state index >= 15 is 0 Å². The van der Waals surface area contributed by atoms with Crippen LogP contribution in [-0.2, 0) is 7.05 Å². The van der Waals surface area contributed by atoms with E-state index in [-0.39, 0.29) is 0 Å². The van der Waals surface area contributed by atoms with Crippen molar-refractivity contribution in [1.29, 1.82) is 5.26 Å². The maximum Gasteiger partial charge on any atom is 0.319 e. The highest BCUT2D eigenvalue weighted by molar-refractivity contribution is 5.90. The number of rotatable bonds is 3. The number of nitrogens with one attached hydrogen (secondary N) is 2. The van der Waals surface area contributed by atoms with Gasteiger partial charge in [-0.1, -0.05) is 12.1 Å². The molecule has 0 saturated carbocycles. The van der Waals surface area contributed by atoms with Gasteiger partial charge in [-0.3, -0.25) is 4.68 Å². The number of carbonyl (C=O) groups is 1. The standard InChI is InChI=1S/C24H25N5O3/c1-14-10-19(28-29(14)4)16-6-5-7-17(12-16)26-23(31)27-21-18-11-15(13-25)8-9-20(18)32-24(2,3)22(21)30/h5-12,21-22,30H,1-4H3,(H2,26,27,31). The summed E-state index contributed by atoms with van der Waals surface area (Å²) in [6.45, 7) is 5.48. The number of hydrogen-bond acceptors (Lipinski definition) is 5. The maximum atomic E-state index is 12.8. The number of nitriles is 1. The van der Waals surface area contributed by atoms with Crippen molar-refractivity contribution in [2.75, 3.05) is 5.32 Å². The van der Waals surface area contributed by atoms with E-state index in [2.05, 4.69) is 21.8 Å². The minimum Gasteiger partial charge on any atom is -0.485 e. The number of amides is 2. The van der Waals surface area contributed by atoms with Crippen molar-refractivity contribution in [3.8, 4) is 23.1 Å². The molecule has 0 spiro atoms. The number of aryl methyl sites for hydroxylation is 2. The molecule has 2 aromatic carbocycles. The van der Waals surface area contributed by atoms with Crippen LogP contribution in [0.5, 0.6) is 5.75 Å². The molecule has 0 fully saturated rings. The molecular weight excluding hydrogens is 406 g/mol. The SMILES string of the molecule is Cc1cc(-c2cccc(NC(=O)NC3c4cc(C#N)ccc4OC(C)(C)C3O)c2)nn1C. The Bertz CT molecular complexity index is 1210. The van der Waals surface area contributed by atoms with E-state index in [9.17, 15) is 15.2 Å². The van der Waals surface area contributed by atoms with Crippen molar-refractivity contribution >= 4 is 11.7 Å². The van der Waals surface area contributed by atoms with Crippen LogP contribution in [0.1, 0.15) is 36.7 Å². The summed E-state index contributed by atoms with van der Waals surface area (Å²) in [6.07, 6.45) is -1.02. The molecule has 3 N–H and O–H groups in total. The van der Waals surface area contributed by atoms with Gasteiger partial charge in [-0.05, 0) is 57.2 Å². The van der Waals surface area contributed by atoms with Crippen LogP contribution in [0.15, 0.2) is 48.5 Å². The molecule has 32 heavy (non-hydrogen) atoms. The van der Waals surface area contributed by atoms with Gasteiger partial charge < -0.3 is 20.5 Å². The third-order valence-corrected chi connectivity index (χ3v) is 5.69. The molecule has 164 valence electrons. The summed E-state index contributed by atoms with van der Waals surface area (Å²) in [4.78, 5) is 12.8. The molecule has 8 nitrogen and oxygen atoms in total. The van der Waals surface area contributed by atoms with Gasteiger partial charge in [0, 0.05) is 29.6 Å². The van der Waals surface area contributed by atoms with Gasteiger partial charge in [0.1, 0.15) is 17.5 Å². The van der Waals surface area contributed by atoms with Crippen molar-refractivity contribution in [2.24, 2.45) is 7.05 Å². The van der Waals surface area contributed by atoms with Gasteiger partial charge >= 0.3 is 6.03 Å². The number of hydrogen-bond donors (Lipinski definition) is 3. The van der Waals surface area contributed by atoms with Crippen LogP contribution in [0.3, 0.4) is 0 Å². The Labute approximate surface area is 186 Å². The fourth-order valence-electron chi connectivity index (χ4n) is 3.79. The summed E-state index contributed by atoms with van der Waals surface area (Å²) >= 11 is 0. The van der Waals surface area contributed by atoms with Gasteiger partial charge in [0.05, 0.1) is 23.4 Å². The number of carbonyl (C=O) groups excluding carboxylic acids is 1. The molecule has 2 atom stereocenters. The van der Waals surface area contributed by atoms with Gasteiger partial charge in [0.25, 0.3) is 0 Å². The van der Waals surface area contributed by atoms with Crippen molar-refractivity contribution < 1.29 is 14.6 Å². The van der Waals surface area contributed by atoms with Crippen LogP contribution in [0.4, 0.5) is 10.5 Å². The third kappa shape index (κ3) is 4.03. The van der Waals surface area contributed by atoms with Gasteiger partial charge in [0.2, 0.25) is 0 Å². The summed E-state index contributed by atoms with van der Waals surface area (Å²) in [5, 5.41) is 30.3. The van der Waals surface area contributed by atoms with Gasteiger partial charge in [-0.2, -0.15) is 10.4 Å². The Kier molecular flexibility index (Phi) is 5.36. The van der Waals surface area contributed by atoms with E-state index in [4.69, 9.17) is 4.74 Å². The fraction of sp³-hybridized carbons (Fsp3) is 0.292. The smallest absolute Gasteiger partial charge is 0.319 e. The molecule has 0 radical (unpaired) electrons. The molecule has 4 rings (SSSR count). The number of ether oxygens (including phenoxy) is 1. The topological polar surface area (TPSA) is 112 Å². The molecule has 0 aliphatic carbocycles. The summed E-state index contributed by atoms with van der Waals surface area (Å²) < 4.78 is 7.69. The largest absolute Gasteiger partial charge is 0.485 e. The molecular formula is C24H25N5O3. The quantitative estimate of drug-likeness (QED) is 0.586. The van der Waals surface area contributed by atoms with Gasteiger partial charge in [0.15, 0.2) is 0 Å². The third-order valence-electron chi connectivity index (χ3n) is 5.69. The van der Waals surface area contributed by atoms with Crippen LogP contribution in [0, 0.1) is 18.3 Å². The Hall–Kier alpha value is -3.83. The summed E-state index contributed by atoms with van der Waals surface area (Å²) in [5.74, 6) is 0.525. The van der Waals surface area contributed by atoms with Crippen molar-refractivity contribution in [1.82, 2.24) is 15.1 Å². The monoisotopic (exact) mass is 431 g/mol. The predicted molar refractivity (Wildman–Crippen MR) is 120 cm³/mol. The molecule has 2 heterocycles. The van der Waals surface area contributed by atoms with Crippen LogP contribution < -0.4 is 15.4 Å². The van der Waals surface area contributed by atoms with Crippen molar-refractivity contribution in [3.63, 3.8) is 0 Å². The van der Waals surface area contributed by atoms with Gasteiger partial charge in [-0.15, -0.1) is 0 Å². The molecule has 3 aromatic rings. The molecule has 2 amide bonds. The molecule has 0 bridgehead atoms. The van der Waals surface area contributed by atoms with Crippen LogP contribution in [-0.4, -0.2) is 32.6 Å². The number of urea groups is 1. The molecule has 8 heteroatoms. The minimum absolute atomic E-state index is 0.421. The van der Waals surface area contributed by atoms with E-state index in [0.29, 0.717) is 22.6 Å². The van der Waals surface area contributed by atoms with Gasteiger partial charge in [-0.25, -0.2) is 4.79 Å². The molecule has 1 aromatic heterocycles. The first-order chi connectivity index (χ1) is 15.2. The first kappa shape index (κ1) is 21.4. The van der Waals surface area contributed by atoms with Crippen molar-refractivity contribution in [2.45, 2.75) is 38.5 Å². The highest BCUT2D eigenvalue weighted by Gasteiger charge is 2.43. The predicted octanol–water partition coefficient (Wildman–Crippen LogP) is 3.66. The zero-order valence-corrected chi connectivity index (χ0v) is 18.4. The van der Waals surface area contributed by atoms with Crippen LogP contribution >= 0.6 is 0 Å². The highest BCUT2D eigenvalue weighted by atomic mass is 16.5. The number of anilines is 1. The lowest BCUT2D eigenvalue weighted by atomic mass is 9.86. The summed E-state index contributed by atoms with van der Waals surface area (Å²) in [5.41, 5.74) is 3.37. The zero-order valence-electron chi connectivity index (χ0n) is 18.4. The van der Waals surface area contributed by atoms with E-state index < -0.39 is 23.8 Å². The van der Waals surface area contributed by atoms with E-state index in [1.807, 2.05) is 38.2 Å². The Morgan fingerprint density at radius 2 is 2.03 bits per heavy atom. The van der Waals surface area contributed by atoms with E-state index in [1.54, 1.807) is 42.8 Å².